The van der Waals surface area contributed by atoms with E-state index < -0.39 is 29.4 Å². The predicted octanol–water partition coefficient (Wildman–Crippen LogP) is 3.74. The van der Waals surface area contributed by atoms with E-state index in [0.717, 1.165) is 11.8 Å². The highest BCUT2D eigenvalue weighted by molar-refractivity contribution is 6.05. The van der Waals surface area contributed by atoms with E-state index in [1.54, 1.807) is 12.1 Å². The molecule has 0 spiro atoms. The monoisotopic (exact) mass is 581 g/mol. The first-order valence-corrected chi connectivity index (χ1v) is 12.5. The fourth-order valence-electron chi connectivity index (χ4n) is 4.40. The van der Waals surface area contributed by atoms with Crippen LogP contribution >= 0.6 is 0 Å². The molecule has 13 heteroatoms. The molecule has 2 heterocycles. The summed E-state index contributed by atoms with van der Waals surface area (Å²) in [4.78, 5) is 32.7. The van der Waals surface area contributed by atoms with E-state index in [2.05, 4.69) is 27.1 Å². The number of hydrogen-bond acceptors (Lipinski definition) is 10. The molecule has 5 N–H and O–H groups in total. The van der Waals surface area contributed by atoms with Gasteiger partial charge in [-0.2, -0.15) is 18.2 Å². The van der Waals surface area contributed by atoms with Gasteiger partial charge in [-0.25, -0.2) is 9.78 Å². The maximum Gasteiger partial charge on any atom is 0.451 e. The van der Waals surface area contributed by atoms with E-state index >= 15 is 0 Å². The number of nitrogens with zero attached hydrogens (tertiary/aromatic N) is 2. The Morgan fingerprint density at radius 3 is 2.50 bits per heavy atom. The largest absolute Gasteiger partial charge is 0.493 e. The van der Waals surface area contributed by atoms with Gasteiger partial charge in [0, 0.05) is 35.6 Å². The van der Waals surface area contributed by atoms with E-state index in [1.165, 1.54) is 45.5 Å². The number of carbonyl (C=O) groups excluding carboxylic acids is 2. The molecule has 1 aromatic heterocycles. The highest BCUT2D eigenvalue weighted by atomic mass is 19.4. The summed E-state index contributed by atoms with van der Waals surface area (Å²) >= 11 is 0. The van der Waals surface area contributed by atoms with E-state index in [0.29, 0.717) is 34.6 Å². The van der Waals surface area contributed by atoms with Gasteiger partial charge >= 0.3 is 12.1 Å². The molecule has 3 aromatic rings. The molecule has 1 atom stereocenters. The molecule has 218 valence electrons. The first-order chi connectivity index (χ1) is 20.0. The standard InChI is InChI=1S/C29H26F3N5O5/c1-4-42-27(39)20-14-35-21-11-15(6-8-19(21)23(20)25(38)29(30,31)32)5-7-17-9-16(12-22(40-2)24(17)41-3)10-18-13-36-28(34)37-26(18)33/h6,8-9,11-14,23,35H,4,10H2,1-3H3,(H4,33,34,36,37). The number of nitrogens with two attached hydrogens (primary N) is 2. The maximum absolute atomic E-state index is 13.5. The third-order valence-corrected chi connectivity index (χ3v) is 6.30. The third kappa shape index (κ3) is 6.22. The molecule has 4 rings (SSSR count). The normalized spacial score (nSPS) is 14.0. The van der Waals surface area contributed by atoms with Gasteiger partial charge in [0.15, 0.2) is 11.5 Å². The summed E-state index contributed by atoms with van der Waals surface area (Å²) in [6.45, 7) is 1.44. The third-order valence-electron chi connectivity index (χ3n) is 6.30. The van der Waals surface area contributed by atoms with Gasteiger partial charge in [-0.3, -0.25) is 4.79 Å². The molecule has 0 amide bonds. The number of hydrogen-bond donors (Lipinski definition) is 3. The average Bonchev–Trinajstić information content (AvgIpc) is 2.95. The van der Waals surface area contributed by atoms with E-state index in [-0.39, 0.29) is 29.6 Å². The number of ether oxygens (including phenoxy) is 3. The Labute approximate surface area is 238 Å². The van der Waals surface area contributed by atoms with Crippen molar-refractivity contribution in [3.8, 4) is 23.3 Å². The zero-order valence-electron chi connectivity index (χ0n) is 22.8. The van der Waals surface area contributed by atoms with Crippen molar-refractivity contribution in [3.63, 3.8) is 0 Å². The molecule has 0 bridgehead atoms. The summed E-state index contributed by atoms with van der Waals surface area (Å²) in [5.41, 5.74) is 13.6. The molecule has 0 saturated heterocycles. The van der Waals surface area contributed by atoms with Crippen LogP contribution in [0.1, 0.15) is 40.7 Å². The highest BCUT2D eigenvalue weighted by Crippen LogP contribution is 2.40. The number of aromatic nitrogens is 2. The Morgan fingerprint density at radius 1 is 1.10 bits per heavy atom. The van der Waals surface area contributed by atoms with Crippen LogP contribution in [0.3, 0.4) is 0 Å². The van der Waals surface area contributed by atoms with E-state index in [9.17, 15) is 22.8 Å². The zero-order valence-corrected chi connectivity index (χ0v) is 22.8. The van der Waals surface area contributed by atoms with Crippen molar-refractivity contribution in [1.82, 2.24) is 9.97 Å². The lowest BCUT2D eigenvalue weighted by Crippen LogP contribution is -2.34. The molecular weight excluding hydrogens is 555 g/mol. The van der Waals surface area contributed by atoms with Gasteiger partial charge in [-0.05, 0) is 42.3 Å². The van der Waals surface area contributed by atoms with Gasteiger partial charge in [0.25, 0.3) is 0 Å². The molecule has 0 saturated carbocycles. The molecule has 1 aliphatic rings. The van der Waals surface area contributed by atoms with Crippen molar-refractivity contribution in [2.45, 2.75) is 25.4 Å². The van der Waals surface area contributed by atoms with E-state index in [4.69, 9.17) is 25.7 Å². The van der Waals surface area contributed by atoms with Crippen molar-refractivity contribution in [3.05, 3.63) is 76.1 Å². The van der Waals surface area contributed by atoms with Crippen molar-refractivity contribution in [1.29, 1.82) is 0 Å². The minimum absolute atomic E-state index is 0.0296. The van der Waals surface area contributed by atoms with Crippen molar-refractivity contribution < 1.29 is 37.0 Å². The second-order valence-electron chi connectivity index (χ2n) is 9.01. The number of methoxy groups -OCH3 is 2. The predicted molar refractivity (Wildman–Crippen MR) is 148 cm³/mol. The van der Waals surface area contributed by atoms with Crippen LogP contribution in [0.2, 0.25) is 0 Å². The number of ketones is 1. The number of nitrogens with one attached hydrogen (secondary N) is 1. The molecule has 0 aliphatic carbocycles. The number of fused-ring (bicyclic) bond motifs is 1. The summed E-state index contributed by atoms with van der Waals surface area (Å²) in [5.74, 6) is 2.05. The van der Waals surface area contributed by atoms with Gasteiger partial charge in [-0.15, -0.1) is 0 Å². The van der Waals surface area contributed by atoms with Gasteiger partial charge in [0.1, 0.15) is 5.82 Å². The minimum atomic E-state index is -5.17. The molecule has 2 aromatic carbocycles. The first kappa shape index (κ1) is 29.7. The summed E-state index contributed by atoms with van der Waals surface area (Å²) in [7, 11) is 2.94. The summed E-state index contributed by atoms with van der Waals surface area (Å²) in [6, 6.07) is 7.79. The number of nitrogen functional groups attached to an aromatic ring is 2. The molecule has 10 nitrogen and oxygen atoms in total. The molecular formula is C29H26F3N5O5. The number of carbonyl (C=O) groups is 2. The van der Waals surface area contributed by atoms with Gasteiger partial charge in [0.05, 0.1) is 37.9 Å². The van der Waals surface area contributed by atoms with Crippen LogP contribution in [0.5, 0.6) is 11.5 Å². The number of esters is 1. The number of anilines is 3. The van der Waals surface area contributed by atoms with Crippen LogP contribution < -0.4 is 26.3 Å². The van der Waals surface area contributed by atoms with Gasteiger partial charge in [-0.1, -0.05) is 17.9 Å². The number of halogens is 3. The fraction of sp³-hybridized carbons (Fsp3) is 0.241. The Hall–Kier alpha value is -5.25. The fourth-order valence-corrected chi connectivity index (χ4v) is 4.40. The van der Waals surface area contributed by atoms with Crippen LogP contribution in [0.15, 0.2) is 48.3 Å². The summed E-state index contributed by atoms with van der Waals surface area (Å²) in [5, 5.41) is 2.79. The molecule has 1 aliphatic heterocycles. The Morgan fingerprint density at radius 2 is 1.86 bits per heavy atom. The van der Waals surface area contributed by atoms with Crippen molar-refractivity contribution in [2.75, 3.05) is 37.6 Å². The second kappa shape index (κ2) is 12.1. The SMILES string of the molecule is CCOC(=O)C1=CNc2cc(C#Cc3cc(Cc4cnc(N)nc4N)cc(OC)c3OC)ccc2C1C(=O)C(F)(F)F. The van der Waals surface area contributed by atoms with Crippen molar-refractivity contribution >= 4 is 29.2 Å². The Kier molecular flexibility index (Phi) is 8.56. The minimum Gasteiger partial charge on any atom is -0.493 e. The Bertz CT molecular complexity index is 1640. The topological polar surface area (TPSA) is 152 Å². The maximum atomic E-state index is 13.5. The van der Waals surface area contributed by atoms with Crippen LogP contribution in [0.4, 0.5) is 30.6 Å². The zero-order chi connectivity index (χ0) is 30.6. The second-order valence-corrected chi connectivity index (χ2v) is 9.01. The van der Waals surface area contributed by atoms with Crippen LogP contribution in [0.25, 0.3) is 0 Å². The summed E-state index contributed by atoms with van der Waals surface area (Å²) < 4.78 is 56.3. The van der Waals surface area contributed by atoms with Crippen LogP contribution in [-0.4, -0.2) is 48.7 Å². The number of benzene rings is 2. The first-order valence-electron chi connectivity index (χ1n) is 12.5. The van der Waals surface area contributed by atoms with Crippen molar-refractivity contribution in [2.24, 2.45) is 0 Å². The molecule has 42 heavy (non-hydrogen) atoms. The van der Waals surface area contributed by atoms with Crippen LogP contribution in [-0.2, 0) is 20.7 Å². The summed E-state index contributed by atoms with van der Waals surface area (Å²) in [6.07, 6.45) is -2.25. The lowest BCUT2D eigenvalue weighted by Gasteiger charge is -2.26. The van der Waals surface area contributed by atoms with Gasteiger partial charge in [0.2, 0.25) is 11.7 Å². The molecule has 1 unspecified atom stereocenters. The Balaban J connectivity index is 1.72. The smallest absolute Gasteiger partial charge is 0.451 e. The van der Waals surface area contributed by atoms with Gasteiger partial charge < -0.3 is 31.0 Å². The lowest BCUT2D eigenvalue weighted by molar-refractivity contribution is -0.172. The molecule has 0 fully saturated rings. The quantitative estimate of drug-likeness (QED) is 0.278. The van der Waals surface area contributed by atoms with Crippen LogP contribution in [0, 0.1) is 11.8 Å². The molecule has 0 radical (unpaired) electrons. The highest BCUT2D eigenvalue weighted by Gasteiger charge is 2.48. The number of Topliss-reactive ketones (excluding diaryl/α,β-unsaturated/α-hetero) is 1. The number of rotatable bonds is 7. The lowest BCUT2D eigenvalue weighted by atomic mass is 9.84. The number of alkyl halides is 3. The average molecular weight is 582 g/mol. The van der Waals surface area contributed by atoms with E-state index in [1.807, 2.05) is 0 Å².